The largest absolute Gasteiger partial charge is 0.497 e. The standard InChI is InChI=1S/C16H16Cl2O2/c1-19-13-7-3-11(4-8-13)15(17)16(18)12-5-9-14(20-2)10-6-12/h3-10,15-16H,1-2H3/t15-,16+. The van der Waals surface area contributed by atoms with Gasteiger partial charge in [-0.1, -0.05) is 24.3 Å². The first kappa shape index (κ1) is 15.0. The fourth-order valence-corrected chi connectivity index (χ4v) is 2.50. The molecule has 2 rings (SSSR count). The molecule has 0 radical (unpaired) electrons. The normalized spacial score (nSPS) is 13.6. The van der Waals surface area contributed by atoms with Crippen molar-refractivity contribution in [2.24, 2.45) is 0 Å². The highest BCUT2D eigenvalue weighted by molar-refractivity contribution is 6.30. The second-order valence-corrected chi connectivity index (χ2v) is 5.29. The van der Waals surface area contributed by atoms with Crippen LogP contribution in [0.25, 0.3) is 0 Å². The minimum absolute atomic E-state index is 0.309. The number of rotatable bonds is 5. The predicted molar refractivity (Wildman–Crippen MR) is 83.2 cm³/mol. The van der Waals surface area contributed by atoms with E-state index >= 15 is 0 Å². The maximum absolute atomic E-state index is 6.46. The molecule has 0 fully saturated rings. The maximum Gasteiger partial charge on any atom is 0.118 e. The number of halogens is 2. The minimum atomic E-state index is -0.309. The summed E-state index contributed by atoms with van der Waals surface area (Å²) in [5, 5.41) is -0.619. The van der Waals surface area contributed by atoms with Crippen LogP contribution in [0.3, 0.4) is 0 Å². The third kappa shape index (κ3) is 3.38. The quantitative estimate of drug-likeness (QED) is 0.726. The van der Waals surface area contributed by atoms with E-state index in [0.717, 1.165) is 22.6 Å². The van der Waals surface area contributed by atoms with Crippen molar-refractivity contribution in [3.05, 3.63) is 59.7 Å². The van der Waals surface area contributed by atoms with E-state index in [1.54, 1.807) is 14.2 Å². The first-order valence-electron chi connectivity index (χ1n) is 6.21. The van der Waals surface area contributed by atoms with E-state index in [9.17, 15) is 0 Å². The summed E-state index contributed by atoms with van der Waals surface area (Å²) in [6.07, 6.45) is 0. The SMILES string of the molecule is COc1ccc([C@@H](Cl)[C@@H](Cl)c2ccc(OC)cc2)cc1. The molecule has 0 spiro atoms. The number of hydrogen-bond acceptors (Lipinski definition) is 2. The Morgan fingerprint density at radius 2 is 0.950 bits per heavy atom. The molecule has 0 aliphatic heterocycles. The molecule has 2 atom stereocenters. The van der Waals surface area contributed by atoms with E-state index in [1.165, 1.54) is 0 Å². The Labute approximate surface area is 129 Å². The van der Waals surface area contributed by atoms with Crippen LogP contribution in [0.1, 0.15) is 21.9 Å². The Bertz CT molecular complexity index is 486. The lowest BCUT2D eigenvalue weighted by atomic mass is 10.0. The number of benzene rings is 2. The van der Waals surface area contributed by atoms with Crippen molar-refractivity contribution in [1.29, 1.82) is 0 Å². The van der Waals surface area contributed by atoms with Crippen LogP contribution in [0.4, 0.5) is 0 Å². The molecule has 2 aromatic carbocycles. The zero-order valence-corrected chi connectivity index (χ0v) is 12.9. The van der Waals surface area contributed by atoms with Gasteiger partial charge in [-0.25, -0.2) is 0 Å². The predicted octanol–water partition coefficient (Wildman–Crippen LogP) is 4.96. The molecule has 0 N–H and O–H groups in total. The zero-order chi connectivity index (χ0) is 14.5. The van der Waals surface area contributed by atoms with Crippen molar-refractivity contribution in [2.45, 2.75) is 10.8 Å². The van der Waals surface area contributed by atoms with Crippen LogP contribution in [0.5, 0.6) is 11.5 Å². The van der Waals surface area contributed by atoms with E-state index in [-0.39, 0.29) is 10.8 Å². The number of hydrogen-bond donors (Lipinski definition) is 0. The molecule has 0 aliphatic carbocycles. The van der Waals surface area contributed by atoms with Gasteiger partial charge in [-0.05, 0) is 35.4 Å². The average Bonchev–Trinajstić information content (AvgIpc) is 2.53. The lowest BCUT2D eigenvalue weighted by molar-refractivity contribution is 0.414. The summed E-state index contributed by atoms with van der Waals surface area (Å²) < 4.78 is 10.3. The van der Waals surface area contributed by atoms with Crippen LogP contribution in [0.2, 0.25) is 0 Å². The van der Waals surface area contributed by atoms with Gasteiger partial charge in [0.1, 0.15) is 11.5 Å². The van der Waals surface area contributed by atoms with Crippen molar-refractivity contribution in [3.8, 4) is 11.5 Å². The maximum atomic E-state index is 6.46. The summed E-state index contributed by atoms with van der Waals surface area (Å²) in [5.41, 5.74) is 1.92. The Kier molecular flexibility index (Phi) is 5.16. The van der Waals surface area contributed by atoms with Gasteiger partial charge >= 0.3 is 0 Å². The lowest BCUT2D eigenvalue weighted by Gasteiger charge is -2.17. The zero-order valence-electron chi connectivity index (χ0n) is 11.3. The molecule has 0 amide bonds. The van der Waals surface area contributed by atoms with E-state index < -0.39 is 0 Å². The van der Waals surface area contributed by atoms with Crippen molar-refractivity contribution in [3.63, 3.8) is 0 Å². The van der Waals surface area contributed by atoms with Crippen LogP contribution in [-0.2, 0) is 0 Å². The fourth-order valence-electron chi connectivity index (χ4n) is 1.91. The molecule has 4 heteroatoms. The minimum Gasteiger partial charge on any atom is -0.497 e. The Balaban J connectivity index is 2.15. The molecular formula is C16H16Cl2O2. The Hall–Kier alpha value is -1.38. The van der Waals surface area contributed by atoms with Gasteiger partial charge in [0.05, 0.1) is 25.0 Å². The third-order valence-corrected chi connectivity index (χ3v) is 4.26. The van der Waals surface area contributed by atoms with E-state index in [1.807, 2.05) is 48.5 Å². The van der Waals surface area contributed by atoms with Crippen LogP contribution in [0.15, 0.2) is 48.5 Å². The first-order valence-corrected chi connectivity index (χ1v) is 7.09. The van der Waals surface area contributed by atoms with Gasteiger partial charge in [-0.3, -0.25) is 0 Å². The molecule has 0 unspecified atom stereocenters. The number of alkyl halides is 2. The van der Waals surface area contributed by atoms with E-state index in [2.05, 4.69) is 0 Å². The third-order valence-electron chi connectivity index (χ3n) is 3.13. The molecule has 0 saturated heterocycles. The highest BCUT2D eigenvalue weighted by Crippen LogP contribution is 2.40. The summed E-state index contributed by atoms with van der Waals surface area (Å²) >= 11 is 12.9. The highest BCUT2D eigenvalue weighted by atomic mass is 35.5. The van der Waals surface area contributed by atoms with Gasteiger partial charge in [0.2, 0.25) is 0 Å². The molecular weight excluding hydrogens is 295 g/mol. The van der Waals surface area contributed by atoms with Gasteiger partial charge < -0.3 is 9.47 Å². The van der Waals surface area contributed by atoms with Crippen molar-refractivity contribution in [1.82, 2.24) is 0 Å². The molecule has 0 saturated carbocycles. The summed E-state index contributed by atoms with van der Waals surface area (Å²) in [4.78, 5) is 0. The van der Waals surface area contributed by atoms with Crippen LogP contribution in [0, 0.1) is 0 Å². The van der Waals surface area contributed by atoms with Gasteiger partial charge in [-0.15, -0.1) is 23.2 Å². The molecule has 0 aliphatic rings. The highest BCUT2D eigenvalue weighted by Gasteiger charge is 2.20. The Morgan fingerprint density at radius 1 is 0.650 bits per heavy atom. The number of ether oxygens (including phenoxy) is 2. The molecule has 2 aromatic rings. The lowest BCUT2D eigenvalue weighted by Crippen LogP contribution is -2.00. The van der Waals surface area contributed by atoms with Crippen LogP contribution >= 0.6 is 23.2 Å². The molecule has 0 aromatic heterocycles. The first-order chi connectivity index (χ1) is 9.65. The smallest absolute Gasteiger partial charge is 0.118 e. The van der Waals surface area contributed by atoms with Crippen LogP contribution in [-0.4, -0.2) is 14.2 Å². The molecule has 20 heavy (non-hydrogen) atoms. The Morgan fingerprint density at radius 3 is 1.20 bits per heavy atom. The topological polar surface area (TPSA) is 18.5 Å². The van der Waals surface area contributed by atoms with Gasteiger partial charge in [-0.2, -0.15) is 0 Å². The van der Waals surface area contributed by atoms with E-state index in [0.29, 0.717) is 0 Å². The molecule has 106 valence electrons. The summed E-state index contributed by atoms with van der Waals surface area (Å²) in [6, 6.07) is 15.2. The summed E-state index contributed by atoms with van der Waals surface area (Å²) in [7, 11) is 3.27. The van der Waals surface area contributed by atoms with Gasteiger partial charge in [0.25, 0.3) is 0 Å². The monoisotopic (exact) mass is 310 g/mol. The van der Waals surface area contributed by atoms with E-state index in [4.69, 9.17) is 32.7 Å². The summed E-state index contributed by atoms with van der Waals surface area (Å²) in [5.74, 6) is 1.60. The number of methoxy groups -OCH3 is 2. The fraction of sp³-hybridized carbons (Fsp3) is 0.250. The van der Waals surface area contributed by atoms with Crippen molar-refractivity contribution < 1.29 is 9.47 Å². The second-order valence-electron chi connectivity index (χ2n) is 4.35. The molecule has 0 bridgehead atoms. The second kappa shape index (κ2) is 6.87. The molecule has 2 nitrogen and oxygen atoms in total. The van der Waals surface area contributed by atoms with Gasteiger partial charge in [0, 0.05) is 0 Å². The summed E-state index contributed by atoms with van der Waals surface area (Å²) in [6.45, 7) is 0. The van der Waals surface area contributed by atoms with Crippen molar-refractivity contribution in [2.75, 3.05) is 14.2 Å². The average molecular weight is 311 g/mol. The van der Waals surface area contributed by atoms with Crippen molar-refractivity contribution >= 4 is 23.2 Å². The van der Waals surface area contributed by atoms with Gasteiger partial charge in [0.15, 0.2) is 0 Å². The molecule has 0 heterocycles. The van der Waals surface area contributed by atoms with Crippen LogP contribution < -0.4 is 9.47 Å².